The number of aliphatic hydroxyl groups is 1. The van der Waals surface area contributed by atoms with Gasteiger partial charge in [0.25, 0.3) is 5.56 Å². The second-order valence-electron chi connectivity index (χ2n) is 2.58. The van der Waals surface area contributed by atoms with Crippen LogP contribution in [-0.2, 0) is 6.54 Å². The summed E-state index contributed by atoms with van der Waals surface area (Å²) < 4.78 is 2.93. The first-order chi connectivity index (χ1) is 6.15. The molecular formula is C8H9Br2NO2. The predicted octanol–water partition coefficient (Wildman–Crippen LogP) is 1.76. The first-order valence-electron chi connectivity index (χ1n) is 3.81. The van der Waals surface area contributed by atoms with Crippen molar-refractivity contribution in [2.24, 2.45) is 0 Å². The van der Waals surface area contributed by atoms with E-state index >= 15 is 0 Å². The highest BCUT2D eigenvalue weighted by Crippen LogP contribution is 2.12. The fourth-order valence-corrected chi connectivity index (χ4v) is 2.23. The molecule has 0 unspecified atom stereocenters. The largest absolute Gasteiger partial charge is 0.396 e. The zero-order chi connectivity index (χ0) is 9.84. The highest BCUT2D eigenvalue weighted by Gasteiger charge is 2.01. The molecule has 1 N–H and O–H groups in total. The van der Waals surface area contributed by atoms with Crippen LogP contribution in [0.25, 0.3) is 0 Å². The summed E-state index contributed by atoms with van der Waals surface area (Å²) in [6, 6.07) is 1.71. The van der Waals surface area contributed by atoms with Crippen LogP contribution in [-0.4, -0.2) is 16.3 Å². The Morgan fingerprint density at radius 3 is 2.77 bits per heavy atom. The Hall–Kier alpha value is -0.130. The lowest BCUT2D eigenvalue weighted by Crippen LogP contribution is -2.20. The van der Waals surface area contributed by atoms with Gasteiger partial charge in [-0.25, -0.2) is 0 Å². The van der Waals surface area contributed by atoms with E-state index in [4.69, 9.17) is 5.11 Å². The van der Waals surface area contributed by atoms with E-state index in [2.05, 4.69) is 31.9 Å². The van der Waals surface area contributed by atoms with Crippen LogP contribution >= 0.6 is 31.9 Å². The molecule has 0 spiro atoms. The highest BCUT2D eigenvalue weighted by molar-refractivity contribution is 9.11. The molecule has 1 aromatic rings. The van der Waals surface area contributed by atoms with Crippen LogP contribution in [0.2, 0.25) is 0 Å². The third kappa shape index (κ3) is 2.93. The highest BCUT2D eigenvalue weighted by atomic mass is 79.9. The predicted molar refractivity (Wildman–Crippen MR) is 57.8 cm³/mol. The molecule has 1 heterocycles. The molecule has 0 aliphatic heterocycles. The van der Waals surface area contributed by atoms with Gasteiger partial charge in [-0.3, -0.25) is 4.79 Å². The molecule has 0 saturated carbocycles. The van der Waals surface area contributed by atoms with Crippen LogP contribution in [0.3, 0.4) is 0 Å². The van der Waals surface area contributed by atoms with E-state index in [0.29, 0.717) is 17.4 Å². The molecule has 1 rings (SSSR count). The minimum atomic E-state index is -0.0725. The molecule has 0 amide bonds. The number of nitrogens with zero attached hydrogens (tertiary/aromatic N) is 1. The van der Waals surface area contributed by atoms with Gasteiger partial charge in [0.05, 0.1) is 4.47 Å². The lowest BCUT2D eigenvalue weighted by atomic mass is 10.4. The van der Waals surface area contributed by atoms with Gasteiger partial charge < -0.3 is 9.67 Å². The Morgan fingerprint density at radius 1 is 1.46 bits per heavy atom. The summed E-state index contributed by atoms with van der Waals surface area (Å²) in [5.41, 5.74) is -0.0725. The van der Waals surface area contributed by atoms with Crippen molar-refractivity contribution in [2.75, 3.05) is 6.61 Å². The van der Waals surface area contributed by atoms with Crippen LogP contribution in [0.15, 0.2) is 26.0 Å². The molecule has 0 atom stereocenters. The van der Waals surface area contributed by atoms with Gasteiger partial charge in [0.2, 0.25) is 0 Å². The van der Waals surface area contributed by atoms with Gasteiger partial charge in [-0.05, 0) is 44.3 Å². The lowest BCUT2D eigenvalue weighted by molar-refractivity contribution is 0.279. The number of aromatic nitrogens is 1. The van der Waals surface area contributed by atoms with Crippen LogP contribution < -0.4 is 5.56 Å². The van der Waals surface area contributed by atoms with Crippen molar-refractivity contribution in [1.29, 1.82) is 0 Å². The monoisotopic (exact) mass is 309 g/mol. The fraction of sp³-hybridized carbons (Fsp3) is 0.375. The summed E-state index contributed by atoms with van der Waals surface area (Å²) in [6.45, 7) is 0.629. The van der Waals surface area contributed by atoms with Gasteiger partial charge in [-0.1, -0.05) is 0 Å². The molecule has 0 bridgehead atoms. The molecule has 0 aliphatic carbocycles. The van der Waals surface area contributed by atoms with E-state index in [-0.39, 0.29) is 12.2 Å². The second-order valence-corrected chi connectivity index (χ2v) is 4.35. The van der Waals surface area contributed by atoms with E-state index in [9.17, 15) is 4.79 Å². The van der Waals surface area contributed by atoms with Gasteiger partial charge in [-0.15, -0.1) is 0 Å². The zero-order valence-electron chi connectivity index (χ0n) is 6.83. The molecule has 0 aliphatic rings. The number of rotatable bonds is 3. The first-order valence-corrected chi connectivity index (χ1v) is 5.40. The SMILES string of the molecule is O=c1c(Br)cc(Br)cn1CCCO. The summed E-state index contributed by atoms with van der Waals surface area (Å²) in [4.78, 5) is 11.4. The van der Waals surface area contributed by atoms with Crippen molar-refractivity contribution in [3.63, 3.8) is 0 Å². The summed E-state index contributed by atoms with van der Waals surface area (Å²) in [5.74, 6) is 0. The number of aryl methyl sites for hydroxylation is 1. The maximum Gasteiger partial charge on any atom is 0.264 e. The normalized spacial score (nSPS) is 10.4. The Morgan fingerprint density at radius 2 is 2.15 bits per heavy atom. The molecule has 13 heavy (non-hydrogen) atoms. The first kappa shape index (κ1) is 10.9. The maximum atomic E-state index is 11.4. The maximum absolute atomic E-state index is 11.4. The quantitative estimate of drug-likeness (QED) is 0.924. The lowest BCUT2D eigenvalue weighted by Gasteiger charge is -2.05. The number of hydrogen-bond donors (Lipinski definition) is 1. The number of halogens is 2. The molecule has 0 fully saturated rings. The van der Waals surface area contributed by atoms with Crippen molar-refractivity contribution in [3.05, 3.63) is 31.6 Å². The van der Waals surface area contributed by atoms with Gasteiger partial charge >= 0.3 is 0 Å². The molecule has 0 aromatic carbocycles. The third-order valence-corrected chi connectivity index (χ3v) is 2.57. The average molecular weight is 311 g/mol. The minimum Gasteiger partial charge on any atom is -0.396 e. The van der Waals surface area contributed by atoms with E-state index < -0.39 is 0 Å². The van der Waals surface area contributed by atoms with Crippen LogP contribution in [0, 0.1) is 0 Å². The minimum absolute atomic E-state index is 0.0725. The molecule has 3 nitrogen and oxygen atoms in total. The Labute approximate surface area is 92.6 Å². The standard InChI is InChI=1S/C8H9Br2NO2/c9-6-4-7(10)8(13)11(5-6)2-1-3-12/h4-5,12H,1-3H2. The topological polar surface area (TPSA) is 42.2 Å². The van der Waals surface area contributed by atoms with E-state index in [1.807, 2.05) is 0 Å². The second kappa shape index (κ2) is 4.93. The number of aliphatic hydroxyl groups excluding tert-OH is 1. The van der Waals surface area contributed by atoms with Crippen molar-refractivity contribution >= 4 is 31.9 Å². The van der Waals surface area contributed by atoms with Crippen molar-refractivity contribution in [2.45, 2.75) is 13.0 Å². The van der Waals surface area contributed by atoms with E-state index in [1.165, 1.54) is 0 Å². The summed E-state index contributed by atoms with van der Waals surface area (Å²) in [5, 5.41) is 8.62. The van der Waals surface area contributed by atoms with Gasteiger partial charge in [-0.2, -0.15) is 0 Å². The smallest absolute Gasteiger partial charge is 0.264 e. The Kier molecular flexibility index (Phi) is 4.15. The Balaban J connectivity index is 2.99. The molecule has 1 aromatic heterocycles. The van der Waals surface area contributed by atoms with Gasteiger partial charge in [0.1, 0.15) is 0 Å². The molecular weight excluding hydrogens is 302 g/mol. The van der Waals surface area contributed by atoms with E-state index in [0.717, 1.165) is 4.47 Å². The van der Waals surface area contributed by atoms with Crippen molar-refractivity contribution < 1.29 is 5.11 Å². The zero-order valence-corrected chi connectivity index (χ0v) is 10.0. The van der Waals surface area contributed by atoms with Crippen molar-refractivity contribution in [3.8, 4) is 0 Å². The summed E-state index contributed by atoms with van der Waals surface area (Å²) in [7, 11) is 0. The van der Waals surface area contributed by atoms with Gasteiger partial charge in [0.15, 0.2) is 0 Å². The third-order valence-electron chi connectivity index (χ3n) is 1.57. The van der Waals surface area contributed by atoms with Crippen LogP contribution in [0.5, 0.6) is 0 Å². The van der Waals surface area contributed by atoms with Crippen LogP contribution in [0.1, 0.15) is 6.42 Å². The molecule has 72 valence electrons. The summed E-state index contributed by atoms with van der Waals surface area (Å²) >= 11 is 6.45. The number of pyridine rings is 1. The Bertz CT molecular complexity index is 348. The molecule has 0 saturated heterocycles. The van der Waals surface area contributed by atoms with Crippen molar-refractivity contribution in [1.82, 2.24) is 4.57 Å². The summed E-state index contributed by atoms with van der Waals surface area (Å²) in [6.07, 6.45) is 2.30. The number of hydrogen-bond acceptors (Lipinski definition) is 2. The van der Waals surface area contributed by atoms with Gasteiger partial charge in [0, 0.05) is 23.8 Å². The van der Waals surface area contributed by atoms with Crippen LogP contribution in [0.4, 0.5) is 0 Å². The molecule has 5 heteroatoms. The molecule has 0 radical (unpaired) electrons. The average Bonchev–Trinajstić information content (AvgIpc) is 2.09. The fourth-order valence-electron chi connectivity index (χ4n) is 0.972. The van der Waals surface area contributed by atoms with E-state index in [1.54, 1.807) is 16.8 Å².